The smallest absolute Gasteiger partial charge is 0.255 e. The van der Waals surface area contributed by atoms with Crippen molar-refractivity contribution in [2.75, 3.05) is 5.32 Å². The van der Waals surface area contributed by atoms with Gasteiger partial charge in [-0.3, -0.25) is 14.5 Å². The van der Waals surface area contributed by atoms with E-state index in [4.69, 9.17) is 4.52 Å². The van der Waals surface area contributed by atoms with Gasteiger partial charge in [0.2, 0.25) is 11.7 Å². The van der Waals surface area contributed by atoms with E-state index in [1.807, 2.05) is 74.7 Å². The zero-order valence-electron chi connectivity index (χ0n) is 18.2. The molecule has 3 aromatic rings. The summed E-state index contributed by atoms with van der Waals surface area (Å²) in [6.45, 7) is 5.66. The lowest BCUT2D eigenvalue weighted by atomic mass is 10.0. The summed E-state index contributed by atoms with van der Waals surface area (Å²) in [5.74, 6) is 0.821. The van der Waals surface area contributed by atoms with Crippen LogP contribution in [-0.2, 0) is 11.8 Å². The summed E-state index contributed by atoms with van der Waals surface area (Å²) in [4.78, 5) is 17.6. The first-order valence-electron chi connectivity index (χ1n) is 10.3. The average Bonchev–Trinajstić information content (AvgIpc) is 3.47. The van der Waals surface area contributed by atoms with E-state index >= 15 is 0 Å². The zero-order chi connectivity index (χ0) is 22.4. The SMILES string of the molecule is Cc1nc(-c2ccc(C)c(NC(=O)C3=C4C=CC(c5ccn(C)n5)=CN4NC3C)c2)no1. The molecule has 2 N–H and O–H groups in total. The van der Waals surface area contributed by atoms with Gasteiger partial charge in [-0.2, -0.15) is 10.1 Å². The molecule has 1 unspecified atom stereocenters. The van der Waals surface area contributed by atoms with Crippen LogP contribution in [-0.4, -0.2) is 36.9 Å². The van der Waals surface area contributed by atoms with Crippen LogP contribution in [0.5, 0.6) is 0 Å². The summed E-state index contributed by atoms with van der Waals surface area (Å²) in [5.41, 5.74) is 9.09. The van der Waals surface area contributed by atoms with Gasteiger partial charge in [-0.15, -0.1) is 0 Å². The van der Waals surface area contributed by atoms with Crippen LogP contribution >= 0.6 is 0 Å². The molecule has 1 aromatic carbocycles. The van der Waals surface area contributed by atoms with Crippen LogP contribution in [0.2, 0.25) is 0 Å². The van der Waals surface area contributed by atoms with E-state index in [-0.39, 0.29) is 11.9 Å². The van der Waals surface area contributed by atoms with Crippen molar-refractivity contribution in [1.29, 1.82) is 0 Å². The quantitative estimate of drug-likeness (QED) is 0.657. The van der Waals surface area contributed by atoms with Crippen molar-refractivity contribution in [1.82, 2.24) is 30.4 Å². The van der Waals surface area contributed by atoms with E-state index < -0.39 is 0 Å². The highest BCUT2D eigenvalue weighted by molar-refractivity contribution is 6.06. The number of rotatable bonds is 4. The molecule has 4 heterocycles. The minimum absolute atomic E-state index is 0.155. The monoisotopic (exact) mass is 429 g/mol. The molecule has 5 rings (SSSR count). The van der Waals surface area contributed by atoms with Gasteiger partial charge in [0.05, 0.1) is 23.0 Å². The first kappa shape index (κ1) is 20.0. The number of fused-ring (bicyclic) bond motifs is 1. The maximum absolute atomic E-state index is 13.3. The van der Waals surface area contributed by atoms with E-state index in [1.165, 1.54) is 0 Å². The van der Waals surface area contributed by atoms with Gasteiger partial charge in [0.1, 0.15) is 0 Å². The standard InChI is InChI=1S/C23H23N7O2/c1-13-5-6-16(22-24-15(3)32-28-22)11-19(13)25-23(31)21-14(2)26-30-12-17(7-8-20(21)30)18-9-10-29(4)27-18/h5-12,14,26H,1-4H3,(H,25,31). The number of aromatic nitrogens is 4. The lowest BCUT2D eigenvalue weighted by Gasteiger charge is -2.21. The largest absolute Gasteiger partial charge is 0.339 e. The van der Waals surface area contributed by atoms with Gasteiger partial charge < -0.3 is 9.84 Å². The molecule has 32 heavy (non-hydrogen) atoms. The number of amides is 1. The molecular weight excluding hydrogens is 406 g/mol. The van der Waals surface area contributed by atoms with Crippen molar-refractivity contribution in [3.63, 3.8) is 0 Å². The molecule has 9 heteroatoms. The Labute approximate surface area is 185 Å². The third-order valence-corrected chi connectivity index (χ3v) is 5.52. The highest BCUT2D eigenvalue weighted by Crippen LogP contribution is 2.31. The van der Waals surface area contributed by atoms with Crippen LogP contribution < -0.4 is 10.7 Å². The normalized spacial score (nSPS) is 17.6. The van der Waals surface area contributed by atoms with E-state index in [0.29, 0.717) is 23.0 Å². The maximum Gasteiger partial charge on any atom is 0.255 e. The van der Waals surface area contributed by atoms with Gasteiger partial charge >= 0.3 is 0 Å². The van der Waals surface area contributed by atoms with Crippen molar-refractivity contribution in [3.05, 3.63) is 77.2 Å². The molecule has 0 fully saturated rings. The zero-order valence-corrected chi connectivity index (χ0v) is 18.2. The lowest BCUT2D eigenvalue weighted by Crippen LogP contribution is -2.34. The van der Waals surface area contributed by atoms with Crippen molar-refractivity contribution in [3.8, 4) is 11.4 Å². The fourth-order valence-electron chi connectivity index (χ4n) is 3.86. The van der Waals surface area contributed by atoms with E-state index in [9.17, 15) is 4.79 Å². The number of allylic oxidation sites excluding steroid dienone is 3. The predicted octanol–water partition coefficient (Wildman–Crippen LogP) is 3.10. The van der Waals surface area contributed by atoms with Gasteiger partial charge in [-0.25, -0.2) is 5.43 Å². The van der Waals surface area contributed by atoms with Gasteiger partial charge in [-0.05, 0) is 43.7 Å². The minimum Gasteiger partial charge on any atom is -0.339 e. The van der Waals surface area contributed by atoms with Crippen LogP contribution in [0.1, 0.15) is 24.1 Å². The Bertz CT molecular complexity index is 1310. The highest BCUT2D eigenvalue weighted by atomic mass is 16.5. The topological polar surface area (TPSA) is 101 Å². The van der Waals surface area contributed by atoms with Gasteiger partial charge in [0.15, 0.2) is 0 Å². The molecule has 2 aliphatic rings. The second-order valence-corrected chi connectivity index (χ2v) is 7.93. The summed E-state index contributed by atoms with van der Waals surface area (Å²) in [6, 6.07) is 7.51. The second kappa shape index (κ2) is 7.61. The van der Waals surface area contributed by atoms with Crippen molar-refractivity contribution < 1.29 is 9.32 Å². The molecule has 2 aromatic heterocycles. The number of hydrogen-bond donors (Lipinski definition) is 2. The average molecular weight is 429 g/mol. The van der Waals surface area contributed by atoms with Crippen LogP contribution in [0.3, 0.4) is 0 Å². The summed E-state index contributed by atoms with van der Waals surface area (Å²) in [7, 11) is 1.89. The summed E-state index contributed by atoms with van der Waals surface area (Å²) in [6.07, 6.45) is 7.78. The van der Waals surface area contributed by atoms with Crippen molar-refractivity contribution >= 4 is 17.2 Å². The number of anilines is 1. The van der Waals surface area contributed by atoms with Crippen molar-refractivity contribution in [2.24, 2.45) is 7.05 Å². The fourth-order valence-corrected chi connectivity index (χ4v) is 3.86. The Hall–Kier alpha value is -3.98. The molecule has 9 nitrogen and oxygen atoms in total. The number of aryl methyl sites for hydroxylation is 3. The van der Waals surface area contributed by atoms with Crippen molar-refractivity contribution in [2.45, 2.75) is 26.8 Å². The lowest BCUT2D eigenvalue weighted by molar-refractivity contribution is -0.113. The Morgan fingerprint density at radius 2 is 2.06 bits per heavy atom. The highest BCUT2D eigenvalue weighted by Gasteiger charge is 2.32. The number of carbonyl (C=O) groups is 1. The van der Waals surface area contributed by atoms with Gasteiger partial charge in [0.25, 0.3) is 5.91 Å². The first-order valence-corrected chi connectivity index (χ1v) is 10.3. The molecule has 162 valence electrons. The third-order valence-electron chi connectivity index (χ3n) is 5.52. The minimum atomic E-state index is -0.161. The maximum atomic E-state index is 13.3. The molecule has 1 atom stereocenters. The first-order chi connectivity index (χ1) is 15.4. The number of hydrazine groups is 1. The molecule has 0 spiro atoms. The summed E-state index contributed by atoms with van der Waals surface area (Å²) < 4.78 is 6.84. The number of carbonyl (C=O) groups excluding carboxylic acids is 1. The Balaban J connectivity index is 1.42. The summed E-state index contributed by atoms with van der Waals surface area (Å²) >= 11 is 0. The molecule has 0 saturated carbocycles. The summed E-state index contributed by atoms with van der Waals surface area (Å²) in [5, 5.41) is 13.4. The fraction of sp³-hybridized carbons (Fsp3) is 0.217. The van der Waals surface area contributed by atoms with Gasteiger partial charge in [0, 0.05) is 43.2 Å². The number of nitrogens with zero attached hydrogens (tertiary/aromatic N) is 5. The molecule has 0 saturated heterocycles. The number of hydrogen-bond acceptors (Lipinski definition) is 7. The molecule has 0 radical (unpaired) electrons. The Morgan fingerprint density at radius 3 is 2.78 bits per heavy atom. The van der Waals surface area contributed by atoms with Crippen LogP contribution in [0.4, 0.5) is 5.69 Å². The number of benzene rings is 1. The number of nitrogens with one attached hydrogen (secondary N) is 2. The molecule has 0 bridgehead atoms. The molecule has 2 aliphatic heterocycles. The van der Waals surface area contributed by atoms with Crippen LogP contribution in [0.25, 0.3) is 17.0 Å². The van der Waals surface area contributed by atoms with Crippen LogP contribution in [0.15, 0.2) is 64.6 Å². The predicted molar refractivity (Wildman–Crippen MR) is 120 cm³/mol. The Kier molecular flexibility index (Phi) is 4.75. The van der Waals surface area contributed by atoms with E-state index in [2.05, 4.69) is 26.0 Å². The van der Waals surface area contributed by atoms with Gasteiger partial charge in [-0.1, -0.05) is 17.3 Å². The second-order valence-electron chi connectivity index (χ2n) is 7.93. The van der Waals surface area contributed by atoms with Crippen LogP contribution in [0, 0.1) is 13.8 Å². The molecule has 1 amide bonds. The third kappa shape index (κ3) is 3.52. The Morgan fingerprint density at radius 1 is 1.22 bits per heavy atom. The van der Waals surface area contributed by atoms with E-state index in [0.717, 1.165) is 28.1 Å². The molecule has 0 aliphatic carbocycles. The van der Waals surface area contributed by atoms with E-state index in [1.54, 1.807) is 11.6 Å². The molecular formula is C23H23N7O2.